The molecule has 1 aliphatic rings. The van der Waals surface area contributed by atoms with Gasteiger partial charge in [0.05, 0.1) is 5.60 Å². The minimum Gasteiger partial charge on any atom is -0.457 e. The molecule has 0 saturated carbocycles. The van der Waals surface area contributed by atoms with E-state index in [1.54, 1.807) is 12.0 Å². The van der Waals surface area contributed by atoms with Gasteiger partial charge < -0.3 is 24.2 Å². The smallest absolute Gasteiger partial charge is 0.410 e. The third-order valence-electron chi connectivity index (χ3n) is 6.23. The summed E-state index contributed by atoms with van der Waals surface area (Å²) in [6.07, 6.45) is 3.51. The van der Waals surface area contributed by atoms with Gasteiger partial charge >= 0.3 is 6.09 Å². The van der Waals surface area contributed by atoms with Crippen LogP contribution in [0.1, 0.15) is 58.4 Å². The van der Waals surface area contributed by atoms with Crippen molar-refractivity contribution in [3.8, 4) is 11.5 Å². The first-order valence-electron chi connectivity index (χ1n) is 12.2. The van der Waals surface area contributed by atoms with Crippen LogP contribution in [-0.2, 0) is 15.1 Å². The number of piperidine rings is 1. The second-order valence-corrected chi connectivity index (χ2v) is 10.1. The Morgan fingerprint density at radius 1 is 1.06 bits per heavy atom. The van der Waals surface area contributed by atoms with Gasteiger partial charge in [-0.25, -0.2) is 4.79 Å². The molecule has 0 radical (unpaired) electrons. The maximum atomic E-state index is 12.8. The average Bonchev–Trinajstić information content (AvgIpc) is 2.82. The maximum Gasteiger partial charge on any atom is 0.410 e. The number of aliphatic hydroxyl groups is 1. The Labute approximate surface area is 203 Å². The van der Waals surface area contributed by atoms with E-state index in [9.17, 15) is 9.90 Å². The summed E-state index contributed by atoms with van der Waals surface area (Å²) in [6, 6.07) is 17.3. The molecule has 2 aromatic carbocycles. The van der Waals surface area contributed by atoms with E-state index in [-0.39, 0.29) is 12.0 Å². The Morgan fingerprint density at radius 3 is 2.47 bits per heavy atom. The molecular formula is C28H39NO5. The number of methoxy groups -OCH3 is 1. The average molecular weight is 470 g/mol. The summed E-state index contributed by atoms with van der Waals surface area (Å²) in [5, 5.41) is 12.3. The lowest BCUT2D eigenvalue weighted by Crippen LogP contribution is -2.49. The van der Waals surface area contributed by atoms with E-state index >= 15 is 0 Å². The van der Waals surface area contributed by atoms with Crippen LogP contribution < -0.4 is 4.74 Å². The molecule has 1 aliphatic heterocycles. The third-order valence-corrected chi connectivity index (χ3v) is 6.23. The molecule has 0 bridgehead atoms. The molecule has 1 saturated heterocycles. The molecule has 1 heterocycles. The Morgan fingerprint density at radius 2 is 1.76 bits per heavy atom. The molecule has 1 N–H and O–H groups in total. The van der Waals surface area contributed by atoms with E-state index in [0.29, 0.717) is 31.9 Å². The van der Waals surface area contributed by atoms with Crippen LogP contribution in [0.3, 0.4) is 0 Å². The van der Waals surface area contributed by atoms with Gasteiger partial charge in [-0.1, -0.05) is 36.4 Å². The van der Waals surface area contributed by atoms with Gasteiger partial charge in [0.2, 0.25) is 0 Å². The fourth-order valence-electron chi connectivity index (χ4n) is 4.59. The minimum absolute atomic E-state index is 0.142. The molecule has 0 aromatic heterocycles. The first-order chi connectivity index (χ1) is 16.2. The van der Waals surface area contributed by atoms with Crippen molar-refractivity contribution >= 4 is 6.09 Å². The summed E-state index contributed by atoms with van der Waals surface area (Å²) >= 11 is 0. The number of likely N-dealkylation sites (tertiary alicyclic amines) is 1. The first kappa shape index (κ1) is 26.0. The summed E-state index contributed by atoms with van der Waals surface area (Å²) in [7, 11) is 1.69. The van der Waals surface area contributed by atoms with Gasteiger partial charge in [-0.3, -0.25) is 0 Å². The predicted octanol–water partition coefficient (Wildman–Crippen LogP) is 6.13. The third kappa shape index (κ3) is 6.97. The zero-order valence-electron chi connectivity index (χ0n) is 21.0. The molecule has 0 aliphatic carbocycles. The Hall–Kier alpha value is -2.57. The number of hydrogen-bond donors (Lipinski definition) is 1. The lowest BCUT2D eigenvalue weighted by Gasteiger charge is -2.43. The number of ether oxygens (including phenoxy) is 3. The number of carbonyl (C=O) groups is 1. The first-order valence-corrected chi connectivity index (χ1v) is 12.2. The fourth-order valence-corrected chi connectivity index (χ4v) is 4.59. The second kappa shape index (κ2) is 11.7. The number of amides is 1. The molecule has 0 spiro atoms. The summed E-state index contributed by atoms with van der Waals surface area (Å²) in [5.74, 6) is 1.21. The van der Waals surface area contributed by atoms with Crippen molar-refractivity contribution < 1.29 is 24.1 Å². The number of nitrogens with zero attached hydrogens (tertiary/aromatic N) is 1. The SMILES string of the molecule is COCCCCC(O)(c1ccccc1Oc1ccccc1)[C@@H]1CCCN(C(=O)OC(C)(C)C)C1. The highest BCUT2D eigenvalue weighted by Gasteiger charge is 2.43. The number of rotatable bonds is 9. The molecule has 6 heteroatoms. The number of benzene rings is 2. The highest BCUT2D eigenvalue weighted by molar-refractivity contribution is 5.68. The van der Waals surface area contributed by atoms with Crippen LogP contribution in [0.25, 0.3) is 0 Å². The van der Waals surface area contributed by atoms with Gasteiger partial charge in [0.15, 0.2) is 0 Å². The number of carbonyl (C=O) groups excluding carboxylic acids is 1. The molecule has 3 rings (SSSR count). The van der Waals surface area contributed by atoms with Crippen molar-refractivity contribution in [2.24, 2.45) is 5.92 Å². The van der Waals surface area contributed by atoms with Gasteiger partial charge in [-0.05, 0) is 71.1 Å². The van der Waals surface area contributed by atoms with Crippen LogP contribution in [0.2, 0.25) is 0 Å². The van der Waals surface area contributed by atoms with E-state index in [0.717, 1.165) is 37.0 Å². The summed E-state index contributed by atoms with van der Waals surface area (Å²) in [5.41, 5.74) is -0.955. The second-order valence-electron chi connectivity index (χ2n) is 10.1. The molecule has 6 nitrogen and oxygen atoms in total. The van der Waals surface area contributed by atoms with E-state index < -0.39 is 11.2 Å². The predicted molar refractivity (Wildman–Crippen MR) is 133 cm³/mol. The zero-order valence-corrected chi connectivity index (χ0v) is 21.0. The van der Waals surface area contributed by atoms with Crippen LogP contribution in [0.5, 0.6) is 11.5 Å². The summed E-state index contributed by atoms with van der Waals surface area (Å²) < 4.78 is 17.1. The van der Waals surface area contributed by atoms with Gasteiger partial charge in [0.1, 0.15) is 17.1 Å². The van der Waals surface area contributed by atoms with E-state index in [1.165, 1.54) is 0 Å². The van der Waals surface area contributed by atoms with Gasteiger partial charge in [0, 0.05) is 38.3 Å². The zero-order chi connectivity index (χ0) is 24.6. The highest BCUT2D eigenvalue weighted by Crippen LogP contribution is 2.44. The quantitative estimate of drug-likeness (QED) is 0.448. The van der Waals surface area contributed by atoms with E-state index in [4.69, 9.17) is 14.2 Å². The van der Waals surface area contributed by atoms with Gasteiger partial charge in [0.25, 0.3) is 0 Å². The number of unbranched alkanes of at least 4 members (excludes halogenated alkanes) is 1. The molecule has 34 heavy (non-hydrogen) atoms. The molecule has 2 atom stereocenters. The van der Waals surface area contributed by atoms with Crippen LogP contribution in [-0.4, -0.2) is 48.5 Å². The van der Waals surface area contributed by atoms with E-state index in [1.807, 2.05) is 75.4 Å². The van der Waals surface area contributed by atoms with Gasteiger partial charge in [-0.2, -0.15) is 0 Å². The normalized spacial score (nSPS) is 18.3. The maximum absolute atomic E-state index is 12.8. The van der Waals surface area contributed by atoms with E-state index in [2.05, 4.69) is 0 Å². The molecule has 186 valence electrons. The fraction of sp³-hybridized carbons (Fsp3) is 0.536. The Balaban J connectivity index is 1.90. The van der Waals surface area contributed by atoms with Crippen molar-refractivity contribution in [2.45, 2.75) is 64.1 Å². The lowest BCUT2D eigenvalue weighted by atomic mass is 9.73. The summed E-state index contributed by atoms with van der Waals surface area (Å²) in [4.78, 5) is 14.5. The lowest BCUT2D eigenvalue weighted by molar-refractivity contribution is -0.0651. The summed E-state index contributed by atoms with van der Waals surface area (Å²) in [6.45, 7) is 7.33. The van der Waals surface area contributed by atoms with Crippen molar-refractivity contribution in [3.63, 3.8) is 0 Å². The molecule has 1 fully saturated rings. The monoisotopic (exact) mass is 469 g/mol. The van der Waals surface area contributed by atoms with Crippen molar-refractivity contribution in [2.75, 3.05) is 26.8 Å². The van der Waals surface area contributed by atoms with Crippen molar-refractivity contribution in [1.82, 2.24) is 4.90 Å². The molecule has 2 aromatic rings. The number of para-hydroxylation sites is 2. The topological polar surface area (TPSA) is 68.2 Å². The van der Waals surface area contributed by atoms with Crippen LogP contribution in [0, 0.1) is 5.92 Å². The molecular weight excluding hydrogens is 430 g/mol. The standard InChI is InChI=1S/C28H39NO5/c1-27(2,3)34-26(30)29-19-12-13-22(21-29)28(31,18-10-11-20-32-4)24-16-8-9-17-25(24)33-23-14-6-5-7-15-23/h5-9,14-17,22,31H,10-13,18-21H2,1-4H3/t22-,28?/m1/s1. The highest BCUT2D eigenvalue weighted by atomic mass is 16.6. The van der Waals surface area contributed by atoms with Crippen LogP contribution in [0.15, 0.2) is 54.6 Å². The van der Waals surface area contributed by atoms with Crippen molar-refractivity contribution in [1.29, 1.82) is 0 Å². The molecule has 1 amide bonds. The van der Waals surface area contributed by atoms with Gasteiger partial charge in [-0.15, -0.1) is 0 Å². The van der Waals surface area contributed by atoms with Crippen LogP contribution >= 0.6 is 0 Å². The minimum atomic E-state index is -1.15. The Kier molecular flexibility index (Phi) is 8.97. The Bertz CT molecular complexity index is 911. The number of hydrogen-bond acceptors (Lipinski definition) is 5. The molecule has 1 unspecified atom stereocenters. The van der Waals surface area contributed by atoms with Crippen molar-refractivity contribution in [3.05, 3.63) is 60.2 Å². The van der Waals surface area contributed by atoms with Crippen LogP contribution in [0.4, 0.5) is 4.79 Å². The largest absolute Gasteiger partial charge is 0.457 e.